The Morgan fingerprint density at radius 3 is 1.56 bits per heavy atom. The minimum absolute atomic E-state index is 0.309. The van der Waals surface area contributed by atoms with Gasteiger partial charge in [-0.15, -0.1) is 0 Å². The van der Waals surface area contributed by atoms with Crippen LogP contribution in [0.3, 0.4) is 0 Å². The molecular formula is C22H23BO2. The molecule has 1 aromatic rings. The van der Waals surface area contributed by atoms with Crippen molar-refractivity contribution in [2.45, 2.75) is 38.9 Å². The van der Waals surface area contributed by atoms with Gasteiger partial charge < -0.3 is 9.31 Å². The van der Waals surface area contributed by atoms with E-state index in [1.54, 1.807) is 0 Å². The third-order valence-electron chi connectivity index (χ3n) is 5.50. The van der Waals surface area contributed by atoms with Gasteiger partial charge in [-0.05, 0) is 55.4 Å². The van der Waals surface area contributed by atoms with Crippen molar-refractivity contribution in [2.75, 3.05) is 0 Å². The second-order valence-electron chi connectivity index (χ2n) is 7.78. The van der Waals surface area contributed by atoms with Gasteiger partial charge in [0.05, 0.1) is 11.2 Å². The minimum Gasteiger partial charge on any atom is -0.399 e. The highest BCUT2D eigenvalue weighted by Crippen LogP contribution is 2.37. The van der Waals surface area contributed by atoms with Crippen LogP contribution < -0.4 is 5.46 Å². The quantitative estimate of drug-likeness (QED) is 0.631. The van der Waals surface area contributed by atoms with E-state index in [9.17, 15) is 0 Å². The van der Waals surface area contributed by atoms with Crippen LogP contribution in [0.15, 0.2) is 66.7 Å². The van der Waals surface area contributed by atoms with E-state index in [1.807, 2.05) is 6.07 Å². The zero-order chi connectivity index (χ0) is 17.7. The standard InChI is InChI=1S/C22H23BO2/c1-21(2)22(3,4)25-23(24-21)20-14-18-12-10-17(11-13-19(18)15-20)16-8-6-5-7-9-16/h5-15H,1-4H3. The molecule has 3 aliphatic rings. The van der Waals surface area contributed by atoms with Crippen molar-refractivity contribution in [3.63, 3.8) is 0 Å². The first kappa shape index (κ1) is 16.4. The van der Waals surface area contributed by atoms with E-state index in [1.165, 1.54) is 22.3 Å². The summed E-state index contributed by atoms with van der Waals surface area (Å²) < 4.78 is 12.3. The molecule has 1 heterocycles. The number of hydrogen-bond acceptors (Lipinski definition) is 2. The summed E-state index contributed by atoms with van der Waals surface area (Å²) in [5, 5.41) is 0. The normalized spacial score (nSPS) is 18.6. The highest BCUT2D eigenvalue weighted by atomic mass is 16.7. The summed E-state index contributed by atoms with van der Waals surface area (Å²) in [4.78, 5) is 0. The first-order chi connectivity index (χ1) is 11.9. The summed E-state index contributed by atoms with van der Waals surface area (Å²) in [6, 6.07) is 23.5. The molecule has 2 aliphatic carbocycles. The lowest BCUT2D eigenvalue weighted by molar-refractivity contribution is 0.00578. The van der Waals surface area contributed by atoms with Crippen molar-refractivity contribution in [3.05, 3.63) is 66.7 Å². The van der Waals surface area contributed by atoms with Crippen LogP contribution in [-0.4, -0.2) is 18.3 Å². The molecule has 0 atom stereocenters. The largest absolute Gasteiger partial charge is 0.494 e. The average Bonchev–Trinajstić information content (AvgIpc) is 2.99. The molecule has 4 rings (SSSR count). The van der Waals surface area contributed by atoms with Gasteiger partial charge in [0.1, 0.15) is 0 Å². The van der Waals surface area contributed by atoms with Crippen LogP contribution in [-0.2, 0) is 9.31 Å². The predicted molar refractivity (Wildman–Crippen MR) is 104 cm³/mol. The van der Waals surface area contributed by atoms with Crippen LogP contribution in [0.25, 0.3) is 22.3 Å². The molecule has 3 heteroatoms. The minimum atomic E-state index is -0.313. The van der Waals surface area contributed by atoms with Gasteiger partial charge in [0.2, 0.25) is 0 Å². The molecule has 1 saturated heterocycles. The van der Waals surface area contributed by atoms with Gasteiger partial charge in [0, 0.05) is 0 Å². The maximum Gasteiger partial charge on any atom is 0.494 e. The fraction of sp³-hybridized carbons (Fsp3) is 0.273. The fourth-order valence-corrected chi connectivity index (χ4v) is 3.21. The molecular weight excluding hydrogens is 307 g/mol. The van der Waals surface area contributed by atoms with Crippen molar-refractivity contribution in [1.82, 2.24) is 0 Å². The second-order valence-corrected chi connectivity index (χ2v) is 7.78. The Hall–Kier alpha value is -2.10. The van der Waals surface area contributed by atoms with Crippen LogP contribution in [0.5, 0.6) is 0 Å². The Balaban J connectivity index is 1.68. The molecule has 0 spiro atoms. The Morgan fingerprint density at radius 2 is 1.04 bits per heavy atom. The molecule has 25 heavy (non-hydrogen) atoms. The zero-order valence-electron chi connectivity index (χ0n) is 15.2. The number of hydrogen-bond donors (Lipinski definition) is 0. The van der Waals surface area contributed by atoms with E-state index >= 15 is 0 Å². The SMILES string of the molecule is CC1(C)OB(c2cc3ccc(-c4ccccc4)ccc-3c2)OC1(C)C. The summed E-state index contributed by atoms with van der Waals surface area (Å²) in [6.45, 7) is 8.34. The van der Waals surface area contributed by atoms with Crippen LogP contribution in [0, 0.1) is 0 Å². The molecule has 0 bridgehead atoms. The highest BCUT2D eigenvalue weighted by Gasteiger charge is 2.51. The van der Waals surface area contributed by atoms with Crippen LogP contribution >= 0.6 is 0 Å². The number of rotatable bonds is 2. The maximum atomic E-state index is 6.17. The van der Waals surface area contributed by atoms with Gasteiger partial charge in [-0.25, -0.2) is 0 Å². The highest BCUT2D eigenvalue weighted by molar-refractivity contribution is 6.62. The van der Waals surface area contributed by atoms with Gasteiger partial charge in [-0.2, -0.15) is 0 Å². The molecule has 1 aromatic carbocycles. The summed E-state index contributed by atoms with van der Waals surface area (Å²) in [5.41, 5.74) is 5.30. The van der Waals surface area contributed by atoms with Crippen molar-refractivity contribution in [2.24, 2.45) is 0 Å². The Kier molecular flexibility index (Phi) is 3.75. The molecule has 0 saturated carbocycles. The second kappa shape index (κ2) is 5.72. The van der Waals surface area contributed by atoms with Crippen LogP contribution in [0.2, 0.25) is 0 Å². The van der Waals surface area contributed by atoms with Gasteiger partial charge in [-0.1, -0.05) is 66.7 Å². The van der Waals surface area contributed by atoms with Crippen molar-refractivity contribution < 1.29 is 9.31 Å². The molecule has 0 radical (unpaired) electrons. The molecule has 0 unspecified atom stereocenters. The third kappa shape index (κ3) is 2.88. The first-order valence-corrected chi connectivity index (χ1v) is 8.81. The van der Waals surface area contributed by atoms with Crippen LogP contribution in [0.1, 0.15) is 27.7 Å². The van der Waals surface area contributed by atoms with E-state index in [4.69, 9.17) is 9.31 Å². The van der Waals surface area contributed by atoms with E-state index in [-0.39, 0.29) is 18.3 Å². The Bertz CT molecular complexity index is 821. The van der Waals surface area contributed by atoms with E-state index in [2.05, 4.69) is 88.4 Å². The molecule has 2 nitrogen and oxygen atoms in total. The van der Waals surface area contributed by atoms with Crippen molar-refractivity contribution >= 4 is 12.6 Å². The fourth-order valence-electron chi connectivity index (χ4n) is 3.21. The zero-order valence-corrected chi connectivity index (χ0v) is 15.2. The Labute approximate surface area is 150 Å². The smallest absolute Gasteiger partial charge is 0.399 e. The lowest BCUT2D eigenvalue weighted by atomic mass is 9.81. The average molecular weight is 330 g/mol. The number of fused-ring (bicyclic) bond motifs is 1. The molecule has 0 aromatic heterocycles. The maximum absolute atomic E-state index is 6.17. The van der Waals surface area contributed by atoms with Gasteiger partial charge in [0.15, 0.2) is 0 Å². The van der Waals surface area contributed by atoms with Crippen molar-refractivity contribution in [1.29, 1.82) is 0 Å². The molecule has 126 valence electrons. The molecule has 1 fully saturated rings. The summed E-state index contributed by atoms with van der Waals surface area (Å²) in [5.74, 6) is 0. The van der Waals surface area contributed by atoms with Gasteiger partial charge in [-0.3, -0.25) is 0 Å². The van der Waals surface area contributed by atoms with E-state index in [0.717, 1.165) is 5.46 Å². The monoisotopic (exact) mass is 330 g/mol. The lowest BCUT2D eigenvalue weighted by Crippen LogP contribution is -2.41. The first-order valence-electron chi connectivity index (χ1n) is 8.81. The topological polar surface area (TPSA) is 18.5 Å². The molecule has 1 aliphatic heterocycles. The molecule has 0 N–H and O–H groups in total. The molecule has 0 amide bonds. The van der Waals surface area contributed by atoms with E-state index in [0.29, 0.717) is 0 Å². The Morgan fingerprint density at radius 1 is 0.600 bits per heavy atom. The van der Waals surface area contributed by atoms with Gasteiger partial charge in [0.25, 0.3) is 0 Å². The third-order valence-corrected chi connectivity index (χ3v) is 5.50. The predicted octanol–water partition coefficient (Wildman–Crippen LogP) is 4.76. The summed E-state index contributed by atoms with van der Waals surface area (Å²) >= 11 is 0. The van der Waals surface area contributed by atoms with E-state index < -0.39 is 0 Å². The lowest BCUT2D eigenvalue weighted by Gasteiger charge is -2.32. The summed E-state index contributed by atoms with van der Waals surface area (Å²) in [7, 11) is -0.309. The van der Waals surface area contributed by atoms with Gasteiger partial charge >= 0.3 is 7.12 Å². The van der Waals surface area contributed by atoms with Crippen LogP contribution in [0.4, 0.5) is 0 Å². The number of benzene rings is 1. The summed E-state index contributed by atoms with van der Waals surface area (Å²) in [6.07, 6.45) is 0. The van der Waals surface area contributed by atoms with Crippen molar-refractivity contribution in [3.8, 4) is 22.3 Å².